The number of fused-ring (bicyclic) bond motifs is 2. The molecular weight excluding hydrogens is 534 g/mol. The van der Waals surface area contributed by atoms with Crippen molar-refractivity contribution >= 4 is 41.5 Å². The van der Waals surface area contributed by atoms with Crippen molar-refractivity contribution in [1.82, 2.24) is 15.5 Å². The van der Waals surface area contributed by atoms with Crippen molar-refractivity contribution in [3.8, 4) is 0 Å². The van der Waals surface area contributed by atoms with Crippen LogP contribution in [-0.2, 0) is 9.47 Å². The number of rotatable bonds is 6. The molecule has 0 saturated carbocycles. The van der Waals surface area contributed by atoms with E-state index in [0.717, 1.165) is 44.9 Å². The third kappa shape index (κ3) is 6.01. The van der Waals surface area contributed by atoms with Crippen molar-refractivity contribution < 1.29 is 13.9 Å². The predicted molar refractivity (Wildman–Crippen MR) is 132 cm³/mol. The summed E-state index contributed by atoms with van der Waals surface area (Å²) < 4.78 is 26.5. The second kappa shape index (κ2) is 11.4. The maximum atomic E-state index is 14.8. The first-order valence-electron chi connectivity index (χ1n) is 11.0. The number of morpholine rings is 1. The molecule has 0 amide bonds. The minimum absolute atomic E-state index is 0. The highest BCUT2D eigenvalue weighted by Gasteiger charge is 2.41. The van der Waals surface area contributed by atoms with Crippen LogP contribution in [0.25, 0.3) is 0 Å². The topological polar surface area (TPSA) is 58.1 Å². The molecule has 9 heteroatoms. The Morgan fingerprint density at radius 1 is 1.39 bits per heavy atom. The molecule has 0 aliphatic carbocycles. The van der Waals surface area contributed by atoms with Gasteiger partial charge in [-0.15, -0.1) is 24.0 Å². The van der Waals surface area contributed by atoms with Gasteiger partial charge in [0.05, 0.1) is 43.5 Å². The van der Waals surface area contributed by atoms with Crippen molar-refractivity contribution in [2.45, 2.75) is 63.5 Å². The lowest BCUT2D eigenvalue weighted by atomic mass is 9.96. The van der Waals surface area contributed by atoms with Gasteiger partial charge in [0.2, 0.25) is 0 Å². The highest BCUT2D eigenvalue weighted by atomic mass is 127. The quantitative estimate of drug-likeness (QED) is 0.312. The van der Waals surface area contributed by atoms with E-state index >= 15 is 0 Å². The summed E-state index contributed by atoms with van der Waals surface area (Å²) >= 11 is 6.44. The fraction of sp³-hybridized carbons (Fsp3) is 0.682. The Labute approximate surface area is 206 Å². The van der Waals surface area contributed by atoms with E-state index in [9.17, 15) is 4.39 Å². The molecule has 4 rings (SSSR count). The maximum Gasteiger partial charge on any atom is 0.191 e. The first kappa shape index (κ1) is 25.0. The van der Waals surface area contributed by atoms with Crippen molar-refractivity contribution in [2.75, 3.05) is 32.8 Å². The zero-order valence-electron chi connectivity index (χ0n) is 18.2. The van der Waals surface area contributed by atoms with Gasteiger partial charge in [0.1, 0.15) is 5.82 Å². The van der Waals surface area contributed by atoms with Crippen molar-refractivity contribution in [2.24, 2.45) is 4.99 Å². The van der Waals surface area contributed by atoms with E-state index in [1.807, 2.05) is 13.8 Å². The number of ether oxygens (including phenoxy) is 2. The molecule has 2 bridgehead atoms. The van der Waals surface area contributed by atoms with E-state index in [4.69, 9.17) is 26.1 Å². The number of halogens is 3. The third-order valence-electron chi connectivity index (χ3n) is 6.24. The van der Waals surface area contributed by atoms with Crippen LogP contribution in [0.15, 0.2) is 23.2 Å². The number of hydrogen-bond acceptors (Lipinski definition) is 4. The van der Waals surface area contributed by atoms with Gasteiger partial charge in [-0.05, 0) is 45.2 Å². The van der Waals surface area contributed by atoms with Crippen LogP contribution in [0.3, 0.4) is 0 Å². The SMILES string of the molecule is CCNC(=NCC(c1c(F)cccc1Cl)N1CCOC(C)C1)NC1CC2CCC1O2.I. The third-order valence-corrected chi connectivity index (χ3v) is 6.57. The Bertz CT molecular complexity index is 751. The standard InChI is InChI=1S/C22H32ClFN4O2.HI/c1-3-25-22(27-18-11-15-7-8-20(18)30-15)26-12-19(28-9-10-29-14(2)13-28)21-16(23)5-4-6-17(21)24;/h4-6,14-15,18-20H,3,7-13H2,1-2H3,(H2,25,26,27);1H. The minimum Gasteiger partial charge on any atom is -0.376 e. The summed E-state index contributed by atoms with van der Waals surface area (Å²) in [6.45, 7) is 7.31. The van der Waals surface area contributed by atoms with Gasteiger partial charge >= 0.3 is 0 Å². The first-order chi connectivity index (χ1) is 14.5. The number of nitrogens with zero attached hydrogens (tertiary/aromatic N) is 2. The monoisotopic (exact) mass is 566 g/mol. The van der Waals surface area contributed by atoms with E-state index in [-0.39, 0.29) is 54.1 Å². The fourth-order valence-corrected chi connectivity index (χ4v) is 5.10. The average molecular weight is 567 g/mol. The van der Waals surface area contributed by atoms with Crippen LogP contribution in [-0.4, -0.2) is 68.0 Å². The molecule has 0 radical (unpaired) electrons. The molecule has 3 saturated heterocycles. The first-order valence-corrected chi connectivity index (χ1v) is 11.4. The molecule has 3 aliphatic rings. The van der Waals surface area contributed by atoms with Crippen molar-refractivity contribution in [3.63, 3.8) is 0 Å². The Morgan fingerprint density at radius 3 is 2.87 bits per heavy atom. The Morgan fingerprint density at radius 2 is 2.23 bits per heavy atom. The van der Waals surface area contributed by atoms with Gasteiger partial charge < -0.3 is 20.1 Å². The zero-order chi connectivity index (χ0) is 21.1. The Kier molecular flexibility index (Phi) is 9.22. The number of benzene rings is 1. The normalized spacial score (nSPS) is 29.5. The number of aliphatic imine (C=N–C) groups is 1. The van der Waals surface area contributed by atoms with E-state index < -0.39 is 0 Å². The molecule has 0 spiro atoms. The minimum atomic E-state index is -0.290. The average Bonchev–Trinajstić information content (AvgIpc) is 3.33. The van der Waals surface area contributed by atoms with Crippen LogP contribution in [0.4, 0.5) is 4.39 Å². The summed E-state index contributed by atoms with van der Waals surface area (Å²) in [7, 11) is 0. The molecule has 6 nitrogen and oxygen atoms in total. The molecule has 3 fully saturated rings. The summed E-state index contributed by atoms with van der Waals surface area (Å²) in [5, 5.41) is 7.31. The van der Waals surface area contributed by atoms with Gasteiger partial charge in [0.15, 0.2) is 5.96 Å². The molecule has 3 heterocycles. The largest absolute Gasteiger partial charge is 0.376 e. The van der Waals surface area contributed by atoms with Crippen LogP contribution in [0.5, 0.6) is 0 Å². The number of hydrogen-bond donors (Lipinski definition) is 2. The smallest absolute Gasteiger partial charge is 0.191 e. The van der Waals surface area contributed by atoms with E-state index in [2.05, 4.69) is 15.5 Å². The van der Waals surface area contributed by atoms with E-state index in [1.54, 1.807) is 12.1 Å². The van der Waals surface area contributed by atoms with Gasteiger partial charge in [-0.3, -0.25) is 9.89 Å². The molecule has 1 aromatic carbocycles. The van der Waals surface area contributed by atoms with Crippen LogP contribution in [0, 0.1) is 5.82 Å². The summed E-state index contributed by atoms with van der Waals surface area (Å²) in [5.74, 6) is 0.457. The lowest BCUT2D eigenvalue weighted by molar-refractivity contribution is -0.0336. The molecule has 5 unspecified atom stereocenters. The summed E-state index contributed by atoms with van der Waals surface area (Å²) in [6.07, 6.45) is 3.98. The van der Waals surface area contributed by atoms with Gasteiger partial charge in [-0.1, -0.05) is 17.7 Å². The number of guanidine groups is 1. The van der Waals surface area contributed by atoms with Crippen LogP contribution < -0.4 is 10.6 Å². The molecule has 31 heavy (non-hydrogen) atoms. The Balaban J connectivity index is 0.00000272. The maximum absolute atomic E-state index is 14.8. The van der Waals surface area contributed by atoms with E-state index in [0.29, 0.717) is 29.8 Å². The van der Waals surface area contributed by atoms with Gasteiger partial charge in [-0.2, -0.15) is 0 Å². The predicted octanol–water partition coefficient (Wildman–Crippen LogP) is 3.73. The molecule has 0 aromatic heterocycles. The highest BCUT2D eigenvalue weighted by molar-refractivity contribution is 14.0. The van der Waals surface area contributed by atoms with Gasteiger partial charge in [-0.25, -0.2) is 4.39 Å². The highest BCUT2D eigenvalue weighted by Crippen LogP contribution is 2.34. The van der Waals surface area contributed by atoms with Gasteiger partial charge in [0.25, 0.3) is 0 Å². The lowest BCUT2D eigenvalue weighted by Gasteiger charge is -2.37. The van der Waals surface area contributed by atoms with E-state index in [1.165, 1.54) is 6.07 Å². The molecule has 2 N–H and O–H groups in total. The van der Waals surface area contributed by atoms with Crippen LogP contribution >= 0.6 is 35.6 Å². The fourth-order valence-electron chi connectivity index (χ4n) is 4.81. The summed E-state index contributed by atoms with van der Waals surface area (Å²) in [6, 6.07) is 4.89. The van der Waals surface area contributed by atoms with Crippen molar-refractivity contribution in [1.29, 1.82) is 0 Å². The molecule has 3 aliphatic heterocycles. The van der Waals surface area contributed by atoms with Crippen LogP contribution in [0.2, 0.25) is 5.02 Å². The number of nitrogens with one attached hydrogen (secondary N) is 2. The molecule has 1 aromatic rings. The van der Waals surface area contributed by atoms with Crippen molar-refractivity contribution in [3.05, 3.63) is 34.6 Å². The zero-order valence-corrected chi connectivity index (χ0v) is 21.2. The lowest BCUT2D eigenvalue weighted by Crippen LogP contribution is -2.48. The van der Waals surface area contributed by atoms with Gasteiger partial charge in [0, 0.05) is 30.2 Å². The molecule has 5 atom stereocenters. The summed E-state index contributed by atoms with van der Waals surface area (Å²) in [5.41, 5.74) is 0.510. The summed E-state index contributed by atoms with van der Waals surface area (Å²) in [4.78, 5) is 7.08. The second-order valence-electron chi connectivity index (χ2n) is 8.41. The molecular formula is C22H33ClFIN4O2. The second-order valence-corrected chi connectivity index (χ2v) is 8.81. The Hall–Kier alpha value is -0.680. The molecule has 174 valence electrons. The van der Waals surface area contributed by atoms with Crippen LogP contribution in [0.1, 0.15) is 44.7 Å².